The molecule has 1 aliphatic heterocycles. The number of anilines is 1. The maximum Gasteiger partial charge on any atom is 0.393 e. The van der Waals surface area contributed by atoms with E-state index in [4.69, 9.17) is 11.6 Å². The third kappa shape index (κ3) is 3.55. The summed E-state index contributed by atoms with van der Waals surface area (Å²) in [6.45, 7) is 1.13. The van der Waals surface area contributed by atoms with Gasteiger partial charge in [0.25, 0.3) is 0 Å². The molecule has 1 fully saturated rings. The number of pyridine rings is 1. The molecule has 0 radical (unpaired) electrons. The van der Waals surface area contributed by atoms with Crippen LogP contribution in [-0.2, 0) is 6.54 Å². The zero-order valence-electron chi connectivity index (χ0n) is 11.2. The molecule has 0 bridgehead atoms. The van der Waals surface area contributed by atoms with Crippen LogP contribution in [0.5, 0.6) is 0 Å². The SMILES string of the molecule is CNCc1cc(N2CCCC(C(F)(F)F)C2)ncc1Cl. The highest BCUT2D eigenvalue weighted by Crippen LogP contribution is 2.34. The summed E-state index contributed by atoms with van der Waals surface area (Å²) in [5.74, 6) is -0.713. The first-order valence-corrected chi connectivity index (χ1v) is 6.90. The number of aromatic nitrogens is 1. The zero-order valence-corrected chi connectivity index (χ0v) is 11.9. The molecule has 112 valence electrons. The number of piperidine rings is 1. The Kier molecular flexibility index (Phi) is 4.75. The van der Waals surface area contributed by atoms with E-state index in [1.165, 1.54) is 6.20 Å². The fraction of sp³-hybridized carbons (Fsp3) is 0.615. The molecule has 0 spiro atoms. The second kappa shape index (κ2) is 6.18. The summed E-state index contributed by atoms with van der Waals surface area (Å²) in [6, 6.07) is 1.76. The molecule has 3 nitrogen and oxygen atoms in total. The van der Waals surface area contributed by atoms with Gasteiger partial charge in [-0.3, -0.25) is 0 Å². The first-order chi connectivity index (χ1) is 9.41. The van der Waals surface area contributed by atoms with Crippen LogP contribution in [0.15, 0.2) is 12.3 Å². The maximum atomic E-state index is 12.8. The predicted molar refractivity (Wildman–Crippen MR) is 73.0 cm³/mol. The van der Waals surface area contributed by atoms with Crippen molar-refractivity contribution in [2.45, 2.75) is 25.6 Å². The Labute approximate surface area is 121 Å². The molecule has 0 aliphatic carbocycles. The summed E-state index contributed by atoms with van der Waals surface area (Å²) in [6.07, 6.45) is -1.92. The van der Waals surface area contributed by atoms with Crippen LogP contribution in [0.3, 0.4) is 0 Å². The molecular formula is C13H17ClF3N3. The van der Waals surface area contributed by atoms with E-state index in [1.807, 2.05) is 0 Å². The minimum absolute atomic E-state index is 0.0306. The van der Waals surface area contributed by atoms with Gasteiger partial charge in [-0.05, 0) is 31.5 Å². The van der Waals surface area contributed by atoms with E-state index in [9.17, 15) is 13.2 Å². The van der Waals surface area contributed by atoms with E-state index < -0.39 is 12.1 Å². The largest absolute Gasteiger partial charge is 0.393 e. The van der Waals surface area contributed by atoms with Gasteiger partial charge >= 0.3 is 6.18 Å². The van der Waals surface area contributed by atoms with Crippen molar-refractivity contribution in [3.63, 3.8) is 0 Å². The average Bonchev–Trinajstić information content (AvgIpc) is 2.41. The molecule has 1 unspecified atom stereocenters. The monoisotopic (exact) mass is 307 g/mol. The molecule has 7 heteroatoms. The molecule has 0 aromatic carbocycles. The number of halogens is 4. The second-order valence-corrected chi connectivity index (χ2v) is 5.40. The van der Waals surface area contributed by atoms with Gasteiger partial charge in [-0.25, -0.2) is 4.98 Å². The minimum Gasteiger partial charge on any atom is -0.356 e. The number of alkyl halides is 3. The van der Waals surface area contributed by atoms with Crippen molar-refractivity contribution < 1.29 is 13.2 Å². The van der Waals surface area contributed by atoms with Gasteiger partial charge in [0, 0.05) is 25.8 Å². The van der Waals surface area contributed by atoms with E-state index in [1.54, 1.807) is 18.0 Å². The highest BCUT2D eigenvalue weighted by Gasteiger charge is 2.42. The fourth-order valence-electron chi connectivity index (χ4n) is 2.42. The lowest BCUT2D eigenvalue weighted by Gasteiger charge is -2.34. The van der Waals surface area contributed by atoms with Crippen LogP contribution >= 0.6 is 11.6 Å². The summed E-state index contributed by atoms with van der Waals surface area (Å²) in [4.78, 5) is 5.85. The van der Waals surface area contributed by atoms with Crippen molar-refractivity contribution in [2.75, 3.05) is 25.0 Å². The second-order valence-electron chi connectivity index (χ2n) is 4.99. The van der Waals surface area contributed by atoms with Crippen LogP contribution in [0.2, 0.25) is 5.02 Å². The van der Waals surface area contributed by atoms with Crippen molar-refractivity contribution in [3.8, 4) is 0 Å². The number of nitrogens with zero attached hydrogens (tertiary/aromatic N) is 2. The molecule has 1 saturated heterocycles. The zero-order chi connectivity index (χ0) is 14.8. The summed E-state index contributed by atoms with van der Waals surface area (Å²) < 4.78 is 38.4. The Hall–Kier alpha value is -1.01. The summed E-state index contributed by atoms with van der Waals surface area (Å²) in [5.41, 5.74) is 0.841. The fourth-order valence-corrected chi connectivity index (χ4v) is 2.59. The molecule has 20 heavy (non-hydrogen) atoms. The highest BCUT2D eigenvalue weighted by molar-refractivity contribution is 6.31. The molecule has 1 N–H and O–H groups in total. The quantitative estimate of drug-likeness (QED) is 0.929. The normalized spacial score (nSPS) is 20.2. The van der Waals surface area contributed by atoms with Crippen molar-refractivity contribution in [1.29, 1.82) is 0 Å². The van der Waals surface area contributed by atoms with Gasteiger partial charge in [0.1, 0.15) is 5.82 Å². The van der Waals surface area contributed by atoms with Gasteiger partial charge in [0.05, 0.1) is 10.9 Å². The Balaban J connectivity index is 2.16. The van der Waals surface area contributed by atoms with E-state index in [0.717, 1.165) is 5.56 Å². The average molecular weight is 308 g/mol. The van der Waals surface area contributed by atoms with Crippen LogP contribution in [0.25, 0.3) is 0 Å². The van der Waals surface area contributed by atoms with Gasteiger partial charge in [-0.1, -0.05) is 11.6 Å². The third-order valence-electron chi connectivity index (χ3n) is 3.50. The first-order valence-electron chi connectivity index (χ1n) is 6.52. The smallest absolute Gasteiger partial charge is 0.356 e. The van der Waals surface area contributed by atoms with E-state index >= 15 is 0 Å². The molecule has 2 rings (SSSR count). The maximum absolute atomic E-state index is 12.8. The standard InChI is InChI=1S/C13H17ClF3N3/c1-18-6-9-5-12(19-7-11(9)14)20-4-2-3-10(8-20)13(15,16)17/h5,7,10,18H,2-4,6,8H2,1H3. The predicted octanol–water partition coefficient (Wildman–Crippen LogP) is 3.23. The van der Waals surface area contributed by atoms with Gasteiger partial charge in [-0.15, -0.1) is 0 Å². The number of hydrogen-bond donors (Lipinski definition) is 1. The number of hydrogen-bond acceptors (Lipinski definition) is 3. The van der Waals surface area contributed by atoms with Crippen LogP contribution in [-0.4, -0.2) is 31.3 Å². The van der Waals surface area contributed by atoms with Crippen LogP contribution in [0.1, 0.15) is 18.4 Å². The lowest BCUT2D eigenvalue weighted by atomic mass is 9.97. The van der Waals surface area contributed by atoms with E-state index in [2.05, 4.69) is 10.3 Å². The number of rotatable bonds is 3. The minimum atomic E-state index is -4.14. The van der Waals surface area contributed by atoms with Crippen LogP contribution in [0, 0.1) is 5.92 Å². The van der Waals surface area contributed by atoms with Crippen molar-refractivity contribution in [2.24, 2.45) is 5.92 Å². The van der Waals surface area contributed by atoms with Crippen molar-refractivity contribution in [1.82, 2.24) is 10.3 Å². The first kappa shape index (κ1) is 15.4. The van der Waals surface area contributed by atoms with Gasteiger partial charge in [-0.2, -0.15) is 13.2 Å². The Morgan fingerprint density at radius 3 is 2.90 bits per heavy atom. The summed E-state index contributed by atoms with van der Waals surface area (Å²) in [7, 11) is 1.79. The Morgan fingerprint density at radius 2 is 2.25 bits per heavy atom. The lowest BCUT2D eigenvalue weighted by molar-refractivity contribution is -0.176. The van der Waals surface area contributed by atoms with E-state index in [-0.39, 0.29) is 13.0 Å². The van der Waals surface area contributed by atoms with Gasteiger partial charge in [0.2, 0.25) is 0 Å². The number of nitrogens with one attached hydrogen (secondary N) is 1. The molecular weight excluding hydrogens is 291 g/mol. The van der Waals surface area contributed by atoms with Crippen LogP contribution in [0.4, 0.5) is 19.0 Å². The van der Waals surface area contributed by atoms with Gasteiger partial charge < -0.3 is 10.2 Å². The van der Waals surface area contributed by atoms with Crippen LogP contribution < -0.4 is 10.2 Å². The molecule has 1 atom stereocenters. The van der Waals surface area contributed by atoms with E-state index in [0.29, 0.717) is 30.4 Å². The highest BCUT2D eigenvalue weighted by atomic mass is 35.5. The molecule has 0 amide bonds. The summed E-state index contributed by atoms with van der Waals surface area (Å²) in [5, 5.41) is 3.50. The molecule has 1 aliphatic rings. The molecule has 2 heterocycles. The summed E-state index contributed by atoms with van der Waals surface area (Å²) >= 11 is 6.01. The third-order valence-corrected chi connectivity index (χ3v) is 3.84. The lowest BCUT2D eigenvalue weighted by Crippen LogP contribution is -2.42. The topological polar surface area (TPSA) is 28.2 Å². The Morgan fingerprint density at radius 1 is 1.50 bits per heavy atom. The van der Waals surface area contributed by atoms with Gasteiger partial charge in [0.15, 0.2) is 0 Å². The molecule has 1 aromatic rings. The van der Waals surface area contributed by atoms with Crippen molar-refractivity contribution in [3.05, 3.63) is 22.8 Å². The Bertz CT molecular complexity index is 465. The molecule has 1 aromatic heterocycles. The van der Waals surface area contributed by atoms with Crippen molar-refractivity contribution >= 4 is 17.4 Å². The molecule has 0 saturated carbocycles.